The number of fused-ring (bicyclic) bond motifs is 1. The molecule has 1 fully saturated rings. The van der Waals surface area contributed by atoms with Gasteiger partial charge in [-0.05, 0) is 50.3 Å². The summed E-state index contributed by atoms with van der Waals surface area (Å²) in [6.45, 7) is 0.123. The molecule has 12 heteroatoms. The third-order valence-corrected chi connectivity index (χ3v) is 6.65. The van der Waals surface area contributed by atoms with Gasteiger partial charge in [0.05, 0.1) is 6.61 Å². The smallest absolute Gasteiger partial charge is 0.326 e. The number of amides is 3. The highest BCUT2D eigenvalue weighted by atomic mass is 16.4. The fourth-order valence-electron chi connectivity index (χ4n) is 4.60. The zero-order valence-electron chi connectivity index (χ0n) is 20.7. The van der Waals surface area contributed by atoms with E-state index in [4.69, 9.17) is 11.5 Å². The first-order chi connectivity index (χ1) is 17.8. The molecule has 4 atom stereocenters. The topological polar surface area (TPSA) is 204 Å². The molecule has 202 valence electrons. The highest BCUT2D eigenvalue weighted by molar-refractivity contribution is 5.95. The summed E-state index contributed by atoms with van der Waals surface area (Å²) in [5.74, 6) is -2.86. The number of rotatable bonds is 13. The van der Waals surface area contributed by atoms with Crippen LogP contribution < -0.4 is 22.1 Å². The maximum atomic E-state index is 13.7. The van der Waals surface area contributed by atoms with Crippen LogP contribution >= 0.6 is 0 Å². The number of likely N-dealkylation sites (tertiary alicyclic amines) is 1. The van der Waals surface area contributed by atoms with Crippen LogP contribution in [0.4, 0.5) is 0 Å². The Morgan fingerprint density at radius 1 is 1.14 bits per heavy atom. The number of hydrogen-bond acceptors (Lipinski definition) is 7. The lowest BCUT2D eigenvalue weighted by Gasteiger charge is -2.30. The SMILES string of the molecule is NCCCCC(NC(=O)C1CCCN1C(=O)C(Cc1c[nH]c2ccccc12)NC(=O)C(N)CO)C(=O)O. The molecule has 2 heterocycles. The number of para-hydroxylation sites is 1. The van der Waals surface area contributed by atoms with Crippen LogP contribution in [0.5, 0.6) is 0 Å². The average molecular weight is 517 g/mol. The fourth-order valence-corrected chi connectivity index (χ4v) is 4.60. The van der Waals surface area contributed by atoms with Gasteiger partial charge in [0.2, 0.25) is 17.7 Å². The van der Waals surface area contributed by atoms with E-state index < -0.39 is 54.5 Å². The quantitative estimate of drug-likeness (QED) is 0.168. The Bertz CT molecular complexity index is 1100. The van der Waals surface area contributed by atoms with Gasteiger partial charge in [0.15, 0.2) is 0 Å². The molecule has 3 rings (SSSR count). The van der Waals surface area contributed by atoms with Crippen molar-refractivity contribution in [1.29, 1.82) is 0 Å². The number of aliphatic hydroxyl groups is 1. The van der Waals surface area contributed by atoms with E-state index in [1.165, 1.54) is 4.90 Å². The second kappa shape index (κ2) is 13.2. The molecule has 1 aromatic carbocycles. The average Bonchev–Trinajstić information content (AvgIpc) is 3.54. The predicted octanol–water partition coefficient (Wildman–Crippen LogP) is -0.796. The number of unbranched alkanes of at least 4 members (excludes halogenated alkanes) is 1. The van der Waals surface area contributed by atoms with Crippen molar-refractivity contribution in [2.45, 2.75) is 62.7 Å². The Labute approximate surface area is 214 Å². The molecule has 1 aromatic heterocycles. The highest BCUT2D eigenvalue weighted by Crippen LogP contribution is 2.23. The first kappa shape index (κ1) is 28.1. The normalized spacial score (nSPS) is 17.8. The lowest BCUT2D eigenvalue weighted by Crippen LogP contribution is -2.57. The molecule has 0 spiro atoms. The third-order valence-electron chi connectivity index (χ3n) is 6.65. The molecule has 3 amide bonds. The predicted molar refractivity (Wildman–Crippen MR) is 136 cm³/mol. The van der Waals surface area contributed by atoms with Crippen molar-refractivity contribution < 1.29 is 29.4 Å². The molecule has 9 N–H and O–H groups in total. The number of nitrogens with one attached hydrogen (secondary N) is 3. The monoisotopic (exact) mass is 516 g/mol. The van der Waals surface area contributed by atoms with Crippen LogP contribution in [0.2, 0.25) is 0 Å². The molecule has 12 nitrogen and oxygen atoms in total. The molecule has 1 aliphatic rings. The lowest BCUT2D eigenvalue weighted by molar-refractivity contribution is -0.145. The third kappa shape index (κ3) is 7.06. The molecular formula is C25H36N6O6. The Kier molecular flexibility index (Phi) is 10.0. The van der Waals surface area contributed by atoms with E-state index in [1.54, 1.807) is 6.20 Å². The van der Waals surface area contributed by atoms with E-state index >= 15 is 0 Å². The summed E-state index contributed by atoms with van der Waals surface area (Å²) in [5.41, 5.74) is 12.8. The van der Waals surface area contributed by atoms with E-state index in [9.17, 15) is 29.4 Å². The van der Waals surface area contributed by atoms with Crippen molar-refractivity contribution in [3.63, 3.8) is 0 Å². The summed E-state index contributed by atoms with van der Waals surface area (Å²) in [4.78, 5) is 55.5. The van der Waals surface area contributed by atoms with Gasteiger partial charge < -0.3 is 42.2 Å². The maximum Gasteiger partial charge on any atom is 0.326 e. The zero-order chi connectivity index (χ0) is 26.9. The second-order valence-corrected chi connectivity index (χ2v) is 9.29. The number of nitrogens with two attached hydrogens (primary N) is 2. The Morgan fingerprint density at radius 3 is 2.59 bits per heavy atom. The maximum absolute atomic E-state index is 13.7. The van der Waals surface area contributed by atoms with Gasteiger partial charge in [0, 0.05) is 30.1 Å². The van der Waals surface area contributed by atoms with E-state index in [1.807, 2.05) is 24.3 Å². The number of aromatic amines is 1. The summed E-state index contributed by atoms with van der Waals surface area (Å²) in [5, 5.41) is 24.9. The lowest BCUT2D eigenvalue weighted by atomic mass is 10.0. The molecule has 2 aromatic rings. The van der Waals surface area contributed by atoms with Gasteiger partial charge >= 0.3 is 5.97 Å². The van der Waals surface area contributed by atoms with E-state index in [2.05, 4.69) is 15.6 Å². The summed E-state index contributed by atoms with van der Waals surface area (Å²) in [6.07, 6.45) is 4.24. The van der Waals surface area contributed by atoms with Gasteiger partial charge in [-0.2, -0.15) is 0 Å². The molecule has 0 radical (unpaired) electrons. The van der Waals surface area contributed by atoms with Gasteiger partial charge in [0.1, 0.15) is 24.2 Å². The van der Waals surface area contributed by atoms with Crippen LogP contribution in [-0.2, 0) is 25.6 Å². The molecular weight excluding hydrogens is 480 g/mol. The van der Waals surface area contributed by atoms with Crippen LogP contribution in [0, 0.1) is 0 Å². The molecule has 1 saturated heterocycles. The van der Waals surface area contributed by atoms with Crippen molar-refractivity contribution in [2.24, 2.45) is 11.5 Å². The van der Waals surface area contributed by atoms with Crippen molar-refractivity contribution in [1.82, 2.24) is 20.5 Å². The number of carboxylic acid groups (broad SMARTS) is 1. The molecule has 1 aliphatic heterocycles. The number of aromatic nitrogens is 1. The number of H-pyrrole nitrogens is 1. The summed E-state index contributed by atoms with van der Waals surface area (Å²) in [7, 11) is 0. The number of nitrogens with zero attached hydrogens (tertiary/aromatic N) is 1. The van der Waals surface area contributed by atoms with Gasteiger partial charge in [-0.25, -0.2) is 4.79 Å². The number of aliphatic hydroxyl groups excluding tert-OH is 1. The van der Waals surface area contributed by atoms with Crippen LogP contribution in [0.25, 0.3) is 10.9 Å². The van der Waals surface area contributed by atoms with Crippen LogP contribution in [0.15, 0.2) is 30.5 Å². The second-order valence-electron chi connectivity index (χ2n) is 9.29. The van der Waals surface area contributed by atoms with Crippen molar-refractivity contribution in [3.8, 4) is 0 Å². The first-order valence-electron chi connectivity index (χ1n) is 12.5. The minimum absolute atomic E-state index is 0.133. The number of hydrogen-bond donors (Lipinski definition) is 7. The van der Waals surface area contributed by atoms with Crippen molar-refractivity contribution in [3.05, 3.63) is 36.0 Å². The number of benzene rings is 1. The minimum Gasteiger partial charge on any atom is -0.480 e. The van der Waals surface area contributed by atoms with Gasteiger partial charge in [0.25, 0.3) is 0 Å². The van der Waals surface area contributed by atoms with Gasteiger partial charge in [-0.15, -0.1) is 0 Å². The number of carboxylic acids is 1. The number of carbonyl (C=O) groups excluding carboxylic acids is 3. The van der Waals surface area contributed by atoms with Crippen molar-refractivity contribution >= 4 is 34.6 Å². The highest BCUT2D eigenvalue weighted by Gasteiger charge is 2.39. The molecule has 4 unspecified atom stereocenters. The van der Waals surface area contributed by atoms with E-state index in [-0.39, 0.29) is 19.4 Å². The Balaban J connectivity index is 1.79. The minimum atomic E-state index is -1.21. The van der Waals surface area contributed by atoms with Crippen molar-refractivity contribution in [2.75, 3.05) is 19.7 Å². The Hall–Kier alpha value is -3.48. The fraction of sp³-hybridized carbons (Fsp3) is 0.520. The largest absolute Gasteiger partial charge is 0.480 e. The van der Waals surface area contributed by atoms with Crippen LogP contribution in [-0.4, -0.2) is 87.7 Å². The van der Waals surface area contributed by atoms with Gasteiger partial charge in [-0.3, -0.25) is 14.4 Å². The molecule has 0 bridgehead atoms. The van der Waals surface area contributed by atoms with Gasteiger partial charge in [-0.1, -0.05) is 18.2 Å². The number of aliphatic carboxylic acids is 1. The van der Waals surface area contributed by atoms with Crippen LogP contribution in [0.1, 0.15) is 37.7 Å². The summed E-state index contributed by atoms with van der Waals surface area (Å²) < 4.78 is 0. The van der Waals surface area contributed by atoms with E-state index in [0.717, 1.165) is 16.5 Å². The number of carbonyl (C=O) groups is 4. The standard InChI is InChI=1S/C25H36N6O6/c26-10-4-3-8-19(25(36)37)29-23(34)21-9-5-11-31(21)24(35)20(30-22(33)17(27)14-32)12-15-13-28-18-7-2-1-6-16(15)18/h1-2,6-7,13,17,19-21,28,32H,3-5,8-12,14,26-27H2,(H,29,34)(H,30,33)(H,36,37). The first-order valence-corrected chi connectivity index (χ1v) is 12.5. The Morgan fingerprint density at radius 2 is 1.89 bits per heavy atom. The summed E-state index contributed by atoms with van der Waals surface area (Å²) in [6, 6.07) is 3.33. The molecule has 0 saturated carbocycles. The molecule has 37 heavy (non-hydrogen) atoms. The molecule has 0 aliphatic carbocycles. The van der Waals surface area contributed by atoms with Crippen LogP contribution in [0.3, 0.4) is 0 Å². The van der Waals surface area contributed by atoms with E-state index in [0.29, 0.717) is 32.2 Å². The summed E-state index contributed by atoms with van der Waals surface area (Å²) >= 11 is 0. The zero-order valence-corrected chi connectivity index (χ0v) is 20.7.